The molecule has 0 radical (unpaired) electrons. The van der Waals surface area contributed by atoms with Gasteiger partial charge in [0.15, 0.2) is 8.07 Å². The first-order valence-corrected chi connectivity index (χ1v) is 18.3. The fraction of sp³-hybridized carbons (Fsp3) is 0.143. The number of benzene rings is 6. The lowest BCUT2D eigenvalue weighted by Gasteiger charge is -2.47. The Morgan fingerprint density at radius 1 is 0.432 bits per heavy atom. The summed E-state index contributed by atoms with van der Waals surface area (Å²) in [6.45, 7) is 0. The average molecular weight is 580 g/mol. The third-order valence-corrected chi connectivity index (χ3v) is 16.2. The van der Waals surface area contributed by atoms with Crippen LogP contribution in [0.4, 0.5) is 17.1 Å². The Kier molecular flexibility index (Phi) is 5.03. The highest BCUT2D eigenvalue weighted by molar-refractivity contribution is 7.24. The molecule has 1 saturated carbocycles. The Morgan fingerprint density at radius 2 is 0.886 bits per heavy atom. The monoisotopic (exact) mass is 579 g/mol. The molecular weight excluding hydrogens is 547 g/mol. The maximum atomic E-state index is 2.59. The van der Waals surface area contributed by atoms with Gasteiger partial charge in [-0.25, -0.2) is 0 Å². The van der Waals surface area contributed by atoms with Gasteiger partial charge in [0.2, 0.25) is 0 Å². The summed E-state index contributed by atoms with van der Waals surface area (Å²) in [6.07, 6.45) is 6.41. The molecule has 3 aliphatic heterocycles. The second-order valence-corrected chi connectivity index (χ2v) is 16.8. The Hall–Kier alpha value is -4.66. The number of fused-ring (bicyclic) bond motifs is 14. The molecule has 1 aliphatic carbocycles. The normalized spacial score (nSPS) is 17.4. The van der Waals surface area contributed by atoms with E-state index in [1.54, 1.807) is 0 Å². The highest BCUT2D eigenvalue weighted by Crippen LogP contribution is 2.57. The van der Waals surface area contributed by atoms with E-state index in [1.165, 1.54) is 103 Å². The van der Waals surface area contributed by atoms with Crippen molar-refractivity contribution in [1.82, 2.24) is 0 Å². The van der Waals surface area contributed by atoms with Crippen molar-refractivity contribution in [2.75, 3.05) is 4.90 Å². The number of rotatable bonds is 1. The van der Waals surface area contributed by atoms with Crippen molar-refractivity contribution in [1.29, 1.82) is 0 Å². The maximum absolute atomic E-state index is 2.59. The van der Waals surface area contributed by atoms with Crippen molar-refractivity contribution in [3.05, 3.63) is 151 Å². The van der Waals surface area contributed by atoms with E-state index in [0.29, 0.717) is 0 Å². The summed E-state index contributed by atoms with van der Waals surface area (Å²) in [5.74, 6) is 0. The zero-order valence-electron chi connectivity index (χ0n) is 24.8. The van der Waals surface area contributed by atoms with E-state index < -0.39 is 8.07 Å². The van der Waals surface area contributed by atoms with E-state index in [4.69, 9.17) is 0 Å². The Morgan fingerprint density at radius 3 is 1.43 bits per heavy atom. The van der Waals surface area contributed by atoms with Crippen molar-refractivity contribution in [2.24, 2.45) is 0 Å². The lowest BCUT2D eigenvalue weighted by molar-refractivity contribution is 0.344. The van der Waals surface area contributed by atoms with E-state index >= 15 is 0 Å². The second kappa shape index (κ2) is 8.94. The van der Waals surface area contributed by atoms with E-state index in [2.05, 4.69) is 144 Å². The van der Waals surface area contributed by atoms with Gasteiger partial charge in [0.1, 0.15) is 0 Å². The van der Waals surface area contributed by atoms with Crippen LogP contribution in [0, 0.1) is 0 Å². The van der Waals surface area contributed by atoms with Gasteiger partial charge in [-0.15, -0.1) is 0 Å². The first-order chi connectivity index (χ1) is 21.8. The molecule has 1 nitrogen and oxygen atoms in total. The molecule has 0 saturated heterocycles. The molecule has 6 aromatic rings. The molecule has 0 atom stereocenters. The quantitative estimate of drug-likeness (QED) is 0.178. The van der Waals surface area contributed by atoms with Crippen molar-refractivity contribution < 1.29 is 0 Å². The van der Waals surface area contributed by atoms with Gasteiger partial charge in [0, 0.05) is 11.1 Å². The molecule has 2 spiro atoms. The molecule has 10 rings (SSSR count). The smallest absolute Gasteiger partial charge is 0.182 e. The molecule has 44 heavy (non-hydrogen) atoms. The fourth-order valence-electron chi connectivity index (χ4n) is 9.62. The van der Waals surface area contributed by atoms with Gasteiger partial charge < -0.3 is 4.90 Å². The minimum Gasteiger partial charge on any atom is -0.310 e. The van der Waals surface area contributed by atoms with Gasteiger partial charge in [-0.1, -0.05) is 135 Å². The summed E-state index contributed by atoms with van der Waals surface area (Å²) in [6, 6.07) is 53.7. The van der Waals surface area contributed by atoms with Gasteiger partial charge in [-0.3, -0.25) is 0 Å². The second-order valence-electron chi connectivity index (χ2n) is 13.1. The molecule has 6 aromatic carbocycles. The minimum atomic E-state index is -2.50. The van der Waals surface area contributed by atoms with Crippen LogP contribution < -0.4 is 25.6 Å². The summed E-state index contributed by atoms with van der Waals surface area (Å²) in [5, 5.41) is 6.13. The van der Waals surface area contributed by atoms with Crippen molar-refractivity contribution in [2.45, 2.75) is 37.5 Å². The zero-order chi connectivity index (χ0) is 28.9. The largest absolute Gasteiger partial charge is 0.310 e. The van der Waals surface area contributed by atoms with Crippen molar-refractivity contribution >= 4 is 45.9 Å². The van der Waals surface area contributed by atoms with Crippen molar-refractivity contribution in [3.8, 4) is 22.3 Å². The van der Waals surface area contributed by atoms with Crippen LogP contribution in [-0.2, 0) is 5.41 Å². The topological polar surface area (TPSA) is 3.24 Å². The Bertz CT molecular complexity index is 2020. The van der Waals surface area contributed by atoms with E-state index in [0.717, 1.165) is 0 Å². The van der Waals surface area contributed by atoms with Crippen LogP contribution in [0.2, 0.25) is 0 Å². The molecule has 210 valence electrons. The number of anilines is 3. The van der Waals surface area contributed by atoms with Gasteiger partial charge in [0.05, 0.1) is 11.4 Å². The minimum absolute atomic E-state index is 0.105. The molecule has 0 bridgehead atoms. The number of hydrogen-bond acceptors (Lipinski definition) is 1. The first kappa shape index (κ1) is 24.7. The molecule has 2 heteroatoms. The lowest BCUT2D eigenvalue weighted by atomic mass is 9.63. The Labute approximate surface area is 260 Å². The zero-order valence-corrected chi connectivity index (χ0v) is 25.8. The SMILES string of the molecule is c1ccc2c(c1)-c1ccccc1[Si]21c2ccccc2-c2ccc(N3c4ccccc4C4(CCCCC4)c4ccccc43)cc21. The highest BCUT2D eigenvalue weighted by Gasteiger charge is 2.54. The predicted molar refractivity (Wildman–Crippen MR) is 187 cm³/mol. The molecular formula is C42H33NSi. The maximum Gasteiger partial charge on any atom is 0.182 e. The summed E-state index contributed by atoms with van der Waals surface area (Å²) in [5.41, 5.74) is 12.7. The van der Waals surface area contributed by atoms with Crippen LogP contribution in [0.15, 0.2) is 140 Å². The summed E-state index contributed by atoms with van der Waals surface area (Å²) in [4.78, 5) is 2.59. The summed E-state index contributed by atoms with van der Waals surface area (Å²) in [7, 11) is -2.50. The fourth-order valence-corrected chi connectivity index (χ4v) is 15.2. The van der Waals surface area contributed by atoms with E-state index in [1.807, 2.05) is 0 Å². The van der Waals surface area contributed by atoms with Crippen LogP contribution in [0.5, 0.6) is 0 Å². The standard InChI is InChI=1S/C42H33NSi/c1-12-26-42(27-13-1)34-17-5-7-19-36(34)43(37-20-8-6-18-35(37)42)29-24-25-33-32-16-4-11-23-40(32)44(41(33)28-29)38-21-9-2-14-30(38)31-15-3-10-22-39(31)44/h2-11,14-25,28H,1,12-13,26-27H2. The van der Waals surface area contributed by atoms with Crippen LogP contribution in [0.25, 0.3) is 22.3 Å². The highest BCUT2D eigenvalue weighted by atomic mass is 28.3. The summed E-state index contributed by atoms with van der Waals surface area (Å²) >= 11 is 0. The van der Waals surface area contributed by atoms with Gasteiger partial charge >= 0.3 is 0 Å². The first-order valence-electron chi connectivity index (χ1n) is 16.3. The molecule has 1 fully saturated rings. The Balaban J connectivity index is 1.27. The van der Waals surface area contributed by atoms with E-state index in [-0.39, 0.29) is 5.41 Å². The average Bonchev–Trinajstić information content (AvgIpc) is 3.56. The van der Waals surface area contributed by atoms with Crippen molar-refractivity contribution in [3.63, 3.8) is 0 Å². The molecule has 3 heterocycles. The van der Waals surface area contributed by atoms with Crippen LogP contribution in [-0.4, -0.2) is 8.07 Å². The van der Waals surface area contributed by atoms with Gasteiger partial charge in [0.25, 0.3) is 0 Å². The molecule has 0 N–H and O–H groups in total. The van der Waals surface area contributed by atoms with Crippen LogP contribution in [0.1, 0.15) is 43.2 Å². The third-order valence-electron chi connectivity index (χ3n) is 11.3. The molecule has 0 unspecified atom stereocenters. The number of para-hydroxylation sites is 2. The molecule has 0 aromatic heterocycles. The molecule has 4 aliphatic rings. The van der Waals surface area contributed by atoms with Gasteiger partial charge in [-0.05, 0) is 91.2 Å². The van der Waals surface area contributed by atoms with Gasteiger partial charge in [-0.2, -0.15) is 0 Å². The number of nitrogens with zero attached hydrogens (tertiary/aromatic N) is 1. The van der Waals surface area contributed by atoms with Crippen LogP contribution in [0.3, 0.4) is 0 Å². The number of hydrogen-bond donors (Lipinski definition) is 0. The molecule has 0 amide bonds. The predicted octanol–water partition coefficient (Wildman–Crippen LogP) is 8.06. The van der Waals surface area contributed by atoms with E-state index in [9.17, 15) is 0 Å². The third kappa shape index (κ3) is 2.95. The summed E-state index contributed by atoms with van der Waals surface area (Å²) < 4.78 is 0. The van der Waals surface area contributed by atoms with Crippen LogP contribution >= 0.6 is 0 Å². The lowest BCUT2D eigenvalue weighted by Crippen LogP contribution is -2.70.